The predicted octanol–water partition coefficient (Wildman–Crippen LogP) is 3.23. The van der Waals surface area contributed by atoms with Crippen LogP contribution in [0, 0.1) is 6.92 Å². The molecule has 26 heavy (non-hydrogen) atoms. The third-order valence-electron chi connectivity index (χ3n) is 4.28. The molecule has 1 N–H and O–H groups in total. The summed E-state index contributed by atoms with van der Waals surface area (Å²) in [5, 5.41) is 3.39. The molecule has 0 fully saturated rings. The van der Waals surface area contributed by atoms with Crippen molar-refractivity contribution in [2.24, 2.45) is 0 Å². The van der Waals surface area contributed by atoms with Gasteiger partial charge < -0.3 is 10.1 Å². The van der Waals surface area contributed by atoms with E-state index < -0.39 is 0 Å². The van der Waals surface area contributed by atoms with Crippen molar-refractivity contribution in [3.63, 3.8) is 0 Å². The molecule has 0 aliphatic carbocycles. The highest BCUT2D eigenvalue weighted by atomic mass is 32.1. The normalized spacial score (nSPS) is 11.0. The number of amides is 1. The van der Waals surface area contributed by atoms with Crippen LogP contribution in [0.3, 0.4) is 0 Å². The summed E-state index contributed by atoms with van der Waals surface area (Å²) >= 11 is 1.24. The Morgan fingerprint density at radius 3 is 2.69 bits per heavy atom. The Hall–Kier alpha value is -2.51. The Morgan fingerprint density at radius 1 is 1.31 bits per heavy atom. The Balaban J connectivity index is 1.91. The van der Waals surface area contributed by atoms with Crippen LogP contribution in [-0.4, -0.2) is 29.2 Å². The lowest BCUT2D eigenvalue weighted by Crippen LogP contribution is -2.22. The summed E-state index contributed by atoms with van der Waals surface area (Å²) in [5.74, 6) is -0.224. The minimum absolute atomic E-state index is 0.146. The summed E-state index contributed by atoms with van der Waals surface area (Å²) in [6.07, 6.45) is 2.45. The summed E-state index contributed by atoms with van der Waals surface area (Å²) in [6.45, 7) is 4.73. The summed E-state index contributed by atoms with van der Waals surface area (Å²) in [4.78, 5) is 30.8. The van der Waals surface area contributed by atoms with E-state index in [4.69, 9.17) is 4.74 Å². The number of benzene rings is 1. The summed E-state index contributed by atoms with van der Waals surface area (Å²) in [5.41, 5.74) is 2.46. The van der Waals surface area contributed by atoms with Crippen LogP contribution < -0.4 is 10.9 Å². The number of methoxy groups -OCH3 is 1. The van der Waals surface area contributed by atoms with Gasteiger partial charge in [0.05, 0.1) is 29.7 Å². The van der Waals surface area contributed by atoms with Gasteiger partial charge >= 0.3 is 0 Å². The van der Waals surface area contributed by atoms with E-state index in [9.17, 15) is 9.59 Å². The van der Waals surface area contributed by atoms with Crippen molar-refractivity contribution in [2.75, 3.05) is 19.0 Å². The van der Waals surface area contributed by atoms with Gasteiger partial charge in [0.1, 0.15) is 4.83 Å². The Morgan fingerprint density at radius 2 is 2.04 bits per heavy atom. The van der Waals surface area contributed by atoms with E-state index in [0.29, 0.717) is 33.8 Å². The monoisotopic (exact) mass is 371 g/mol. The molecule has 0 aliphatic heterocycles. The van der Waals surface area contributed by atoms with Crippen LogP contribution in [-0.2, 0) is 17.7 Å². The molecule has 1 aromatic carbocycles. The lowest BCUT2D eigenvalue weighted by atomic mass is 10.1. The minimum atomic E-state index is -0.224. The summed E-state index contributed by atoms with van der Waals surface area (Å²) in [7, 11) is 1.59. The molecule has 3 aromatic rings. The zero-order valence-electron chi connectivity index (χ0n) is 15.0. The average Bonchev–Trinajstić information content (AvgIpc) is 2.99. The standard InChI is InChI=1S/C19H21N3O3S/c1-4-13-5-7-14(8-6-13)21-17(23)16-12(2)15-18(26-16)20-11-22(19(15)24)9-10-25-3/h5-8,11H,4,9-10H2,1-3H3,(H,21,23). The molecular formula is C19H21N3O3S. The molecule has 6 nitrogen and oxygen atoms in total. The van der Waals surface area contributed by atoms with Crippen LogP contribution in [0.4, 0.5) is 5.69 Å². The fourth-order valence-corrected chi connectivity index (χ4v) is 3.77. The highest BCUT2D eigenvalue weighted by Crippen LogP contribution is 2.27. The molecule has 7 heteroatoms. The van der Waals surface area contributed by atoms with Gasteiger partial charge in [-0.2, -0.15) is 0 Å². The van der Waals surface area contributed by atoms with E-state index in [2.05, 4.69) is 17.2 Å². The summed E-state index contributed by atoms with van der Waals surface area (Å²) < 4.78 is 6.53. The van der Waals surface area contributed by atoms with Gasteiger partial charge in [0.15, 0.2) is 0 Å². The smallest absolute Gasteiger partial charge is 0.266 e. The maximum absolute atomic E-state index is 12.7. The zero-order valence-corrected chi connectivity index (χ0v) is 15.9. The van der Waals surface area contributed by atoms with Crippen molar-refractivity contribution < 1.29 is 9.53 Å². The van der Waals surface area contributed by atoms with Crippen LogP contribution in [0.15, 0.2) is 35.4 Å². The van der Waals surface area contributed by atoms with E-state index in [1.165, 1.54) is 27.8 Å². The van der Waals surface area contributed by atoms with Crippen LogP contribution in [0.5, 0.6) is 0 Å². The number of hydrogen-bond donors (Lipinski definition) is 1. The molecule has 0 saturated heterocycles. The first-order chi connectivity index (χ1) is 12.5. The highest BCUT2D eigenvalue weighted by molar-refractivity contribution is 7.20. The number of aryl methyl sites for hydroxylation is 2. The second-order valence-corrected chi connectivity index (χ2v) is 6.98. The maximum atomic E-state index is 12.7. The van der Waals surface area contributed by atoms with Crippen molar-refractivity contribution in [3.05, 3.63) is 57.0 Å². The van der Waals surface area contributed by atoms with E-state index in [1.807, 2.05) is 24.3 Å². The quantitative estimate of drug-likeness (QED) is 0.722. The van der Waals surface area contributed by atoms with Crippen LogP contribution in [0.25, 0.3) is 10.2 Å². The first kappa shape index (κ1) is 18.3. The number of aromatic nitrogens is 2. The van der Waals surface area contributed by atoms with Crippen LogP contribution >= 0.6 is 11.3 Å². The van der Waals surface area contributed by atoms with Gasteiger partial charge in [-0.3, -0.25) is 14.2 Å². The number of carbonyl (C=O) groups excluding carboxylic acids is 1. The van der Waals surface area contributed by atoms with Gasteiger partial charge in [0, 0.05) is 12.8 Å². The number of nitrogens with one attached hydrogen (secondary N) is 1. The molecule has 0 radical (unpaired) electrons. The minimum Gasteiger partial charge on any atom is -0.383 e. The van der Waals surface area contributed by atoms with E-state index in [1.54, 1.807) is 14.0 Å². The number of carbonyl (C=O) groups is 1. The Bertz CT molecular complexity index is 990. The van der Waals surface area contributed by atoms with E-state index in [0.717, 1.165) is 12.1 Å². The van der Waals surface area contributed by atoms with Crippen molar-refractivity contribution in [2.45, 2.75) is 26.8 Å². The molecule has 0 bridgehead atoms. The fraction of sp³-hybridized carbons (Fsp3) is 0.316. The molecule has 3 rings (SSSR count). The van der Waals surface area contributed by atoms with Crippen LogP contribution in [0.2, 0.25) is 0 Å². The second kappa shape index (κ2) is 7.80. The SMILES string of the molecule is CCc1ccc(NC(=O)c2sc3ncn(CCOC)c(=O)c3c2C)cc1. The van der Waals surface area contributed by atoms with Crippen molar-refractivity contribution in [3.8, 4) is 0 Å². The highest BCUT2D eigenvalue weighted by Gasteiger charge is 2.19. The number of ether oxygens (including phenoxy) is 1. The second-order valence-electron chi connectivity index (χ2n) is 5.98. The number of rotatable bonds is 6. The van der Waals surface area contributed by atoms with Gasteiger partial charge in [0.2, 0.25) is 0 Å². The van der Waals surface area contributed by atoms with Gasteiger partial charge in [-0.05, 0) is 36.6 Å². The molecular weight excluding hydrogens is 350 g/mol. The zero-order chi connectivity index (χ0) is 18.7. The molecule has 0 aliphatic rings. The number of thiophene rings is 1. The first-order valence-electron chi connectivity index (χ1n) is 8.43. The molecule has 136 valence electrons. The third kappa shape index (κ3) is 3.54. The van der Waals surface area contributed by atoms with E-state index >= 15 is 0 Å². The fourth-order valence-electron chi connectivity index (χ4n) is 2.74. The molecule has 0 unspecified atom stereocenters. The molecule has 1 amide bonds. The predicted molar refractivity (Wildman–Crippen MR) is 104 cm³/mol. The molecule has 0 atom stereocenters. The van der Waals surface area contributed by atoms with Crippen LogP contribution in [0.1, 0.15) is 27.7 Å². The number of hydrogen-bond acceptors (Lipinski definition) is 5. The summed E-state index contributed by atoms with van der Waals surface area (Å²) in [6, 6.07) is 7.75. The van der Waals surface area contributed by atoms with Gasteiger partial charge in [-0.1, -0.05) is 19.1 Å². The molecule has 2 heterocycles. The Labute approximate surface area is 155 Å². The average molecular weight is 371 g/mol. The number of fused-ring (bicyclic) bond motifs is 1. The Kier molecular flexibility index (Phi) is 5.49. The lowest BCUT2D eigenvalue weighted by Gasteiger charge is -2.05. The van der Waals surface area contributed by atoms with E-state index in [-0.39, 0.29) is 11.5 Å². The number of anilines is 1. The largest absolute Gasteiger partial charge is 0.383 e. The molecule has 0 saturated carbocycles. The van der Waals surface area contributed by atoms with Crippen molar-refractivity contribution >= 4 is 33.1 Å². The maximum Gasteiger partial charge on any atom is 0.266 e. The third-order valence-corrected chi connectivity index (χ3v) is 5.48. The lowest BCUT2D eigenvalue weighted by molar-refractivity contribution is 0.103. The van der Waals surface area contributed by atoms with Crippen molar-refractivity contribution in [1.29, 1.82) is 0 Å². The molecule has 2 aromatic heterocycles. The molecule has 0 spiro atoms. The van der Waals surface area contributed by atoms with Gasteiger partial charge in [-0.15, -0.1) is 11.3 Å². The number of nitrogens with zero attached hydrogens (tertiary/aromatic N) is 2. The van der Waals surface area contributed by atoms with Crippen molar-refractivity contribution in [1.82, 2.24) is 9.55 Å². The first-order valence-corrected chi connectivity index (χ1v) is 9.24. The van der Waals surface area contributed by atoms with Gasteiger partial charge in [-0.25, -0.2) is 4.98 Å². The van der Waals surface area contributed by atoms with Gasteiger partial charge in [0.25, 0.3) is 11.5 Å². The topological polar surface area (TPSA) is 73.2 Å².